The van der Waals surface area contributed by atoms with Crippen LogP contribution in [0.25, 0.3) is 5.69 Å². The van der Waals surface area contributed by atoms with Crippen molar-refractivity contribution >= 4 is 21.8 Å². The largest absolute Gasteiger partial charge is 0.347 e. The summed E-state index contributed by atoms with van der Waals surface area (Å²) in [4.78, 5) is 15.4. The molecule has 1 aliphatic carbocycles. The fraction of sp³-hybridized carbons (Fsp3) is 0.524. The van der Waals surface area contributed by atoms with Gasteiger partial charge in [-0.2, -0.15) is 5.10 Å². The molecule has 7 heteroatoms. The van der Waals surface area contributed by atoms with Crippen LogP contribution in [0.4, 0.5) is 4.39 Å². The molecule has 2 fully saturated rings. The van der Waals surface area contributed by atoms with E-state index in [1.807, 2.05) is 0 Å². The highest BCUT2D eigenvalue weighted by Crippen LogP contribution is 2.26. The normalized spacial score (nSPS) is 21.6. The van der Waals surface area contributed by atoms with E-state index in [0.29, 0.717) is 21.9 Å². The number of halogens is 2. The zero-order chi connectivity index (χ0) is 19.5. The maximum Gasteiger partial charge on any atom is 0.273 e. The van der Waals surface area contributed by atoms with Crippen molar-refractivity contribution in [2.45, 2.75) is 57.0 Å². The Morgan fingerprint density at radius 3 is 2.61 bits per heavy atom. The molecule has 1 saturated heterocycles. The minimum absolute atomic E-state index is 0.158. The number of benzene rings is 1. The second-order valence-corrected chi connectivity index (χ2v) is 8.70. The number of carbonyl (C=O) groups is 1. The van der Waals surface area contributed by atoms with Crippen LogP contribution in [0.3, 0.4) is 0 Å². The van der Waals surface area contributed by atoms with Crippen LogP contribution >= 0.6 is 15.9 Å². The van der Waals surface area contributed by atoms with E-state index in [-0.39, 0.29) is 17.8 Å². The van der Waals surface area contributed by atoms with Gasteiger partial charge in [-0.3, -0.25) is 9.69 Å². The molecule has 1 atom stereocenters. The van der Waals surface area contributed by atoms with E-state index in [2.05, 4.69) is 31.2 Å². The quantitative estimate of drug-likeness (QED) is 0.758. The molecule has 2 heterocycles. The van der Waals surface area contributed by atoms with Crippen molar-refractivity contribution in [3.8, 4) is 5.69 Å². The number of nitrogens with one attached hydrogen (secondary N) is 1. The molecule has 1 amide bonds. The zero-order valence-electron chi connectivity index (χ0n) is 15.9. The maximum absolute atomic E-state index is 13.1. The van der Waals surface area contributed by atoms with E-state index in [1.54, 1.807) is 23.0 Å². The summed E-state index contributed by atoms with van der Waals surface area (Å²) in [6.45, 7) is 2.06. The summed E-state index contributed by atoms with van der Waals surface area (Å²) in [5, 5.41) is 7.58. The van der Waals surface area contributed by atoms with Gasteiger partial charge in [-0.15, -0.1) is 0 Å². The molecule has 2 aromatic rings. The third kappa shape index (κ3) is 4.46. The van der Waals surface area contributed by atoms with Crippen LogP contribution in [0.5, 0.6) is 0 Å². The molecule has 4 rings (SSSR count). The minimum atomic E-state index is -0.298. The van der Waals surface area contributed by atoms with Crippen LogP contribution in [0, 0.1) is 5.82 Å². The molecule has 1 aromatic carbocycles. The average molecular weight is 449 g/mol. The molecule has 2 aliphatic rings. The lowest BCUT2D eigenvalue weighted by atomic mass is 9.92. The molecule has 1 aromatic heterocycles. The van der Waals surface area contributed by atoms with E-state index < -0.39 is 0 Å². The van der Waals surface area contributed by atoms with Gasteiger partial charge in [0.2, 0.25) is 0 Å². The van der Waals surface area contributed by atoms with Gasteiger partial charge in [0.15, 0.2) is 5.69 Å². The van der Waals surface area contributed by atoms with Crippen molar-refractivity contribution in [1.29, 1.82) is 0 Å². The second-order valence-electron chi connectivity index (χ2n) is 7.85. The highest BCUT2D eigenvalue weighted by atomic mass is 79.9. The van der Waals surface area contributed by atoms with E-state index in [1.165, 1.54) is 44.2 Å². The number of piperidine rings is 1. The Labute approximate surface area is 173 Å². The number of carbonyl (C=O) groups excluding carboxylic acids is 1. The number of aromatic nitrogens is 2. The zero-order valence-corrected chi connectivity index (χ0v) is 17.5. The third-order valence-corrected chi connectivity index (χ3v) is 6.44. The van der Waals surface area contributed by atoms with Gasteiger partial charge in [0.1, 0.15) is 5.82 Å². The monoisotopic (exact) mass is 448 g/mol. The van der Waals surface area contributed by atoms with E-state index in [4.69, 9.17) is 0 Å². The SMILES string of the molecule is O=C(NC1CCCN(C2CCCCC2)C1)c1nn(-c2ccc(F)cc2)cc1Br. The predicted molar refractivity (Wildman–Crippen MR) is 110 cm³/mol. The van der Waals surface area contributed by atoms with Crippen LogP contribution in [0.2, 0.25) is 0 Å². The molecule has 1 saturated carbocycles. The fourth-order valence-electron chi connectivity index (χ4n) is 4.39. The average Bonchev–Trinajstić information content (AvgIpc) is 3.11. The van der Waals surface area contributed by atoms with E-state index in [0.717, 1.165) is 25.9 Å². The molecule has 0 spiro atoms. The van der Waals surface area contributed by atoms with Gasteiger partial charge in [0, 0.05) is 24.8 Å². The lowest BCUT2D eigenvalue weighted by molar-refractivity contribution is 0.0830. The predicted octanol–water partition coefficient (Wildman–Crippen LogP) is 4.30. The molecule has 28 heavy (non-hydrogen) atoms. The van der Waals surface area contributed by atoms with Crippen molar-refractivity contribution in [3.63, 3.8) is 0 Å². The number of amides is 1. The van der Waals surface area contributed by atoms with Crippen LogP contribution in [0.1, 0.15) is 55.4 Å². The smallest absolute Gasteiger partial charge is 0.273 e. The third-order valence-electron chi connectivity index (χ3n) is 5.85. The molecule has 1 aliphatic heterocycles. The van der Waals surface area contributed by atoms with Crippen molar-refractivity contribution in [3.05, 3.63) is 46.4 Å². The van der Waals surface area contributed by atoms with Crippen LogP contribution < -0.4 is 5.32 Å². The molecule has 1 unspecified atom stereocenters. The lowest BCUT2D eigenvalue weighted by Gasteiger charge is -2.40. The molecule has 0 radical (unpaired) electrons. The summed E-state index contributed by atoms with van der Waals surface area (Å²) in [6.07, 6.45) is 10.4. The highest BCUT2D eigenvalue weighted by molar-refractivity contribution is 9.10. The van der Waals surface area contributed by atoms with E-state index in [9.17, 15) is 9.18 Å². The highest BCUT2D eigenvalue weighted by Gasteiger charge is 2.28. The Morgan fingerprint density at radius 2 is 1.86 bits per heavy atom. The Bertz CT molecular complexity index is 816. The number of likely N-dealkylation sites (tertiary alicyclic amines) is 1. The molecule has 150 valence electrons. The topological polar surface area (TPSA) is 50.2 Å². The summed E-state index contributed by atoms with van der Waals surface area (Å²) >= 11 is 3.44. The van der Waals surface area contributed by atoms with Gasteiger partial charge in [-0.05, 0) is 72.4 Å². The summed E-state index contributed by atoms with van der Waals surface area (Å²) < 4.78 is 15.4. The summed E-state index contributed by atoms with van der Waals surface area (Å²) in [5.74, 6) is -0.462. The van der Waals surface area contributed by atoms with Gasteiger partial charge in [-0.25, -0.2) is 9.07 Å². The second kappa shape index (κ2) is 8.74. The van der Waals surface area contributed by atoms with Gasteiger partial charge in [-0.1, -0.05) is 19.3 Å². The first-order valence-corrected chi connectivity index (χ1v) is 11.0. The first-order chi connectivity index (χ1) is 13.6. The number of rotatable bonds is 4. The summed E-state index contributed by atoms with van der Waals surface area (Å²) in [6, 6.07) is 6.88. The summed E-state index contributed by atoms with van der Waals surface area (Å²) in [5.41, 5.74) is 1.07. The summed E-state index contributed by atoms with van der Waals surface area (Å²) in [7, 11) is 0. The van der Waals surface area contributed by atoms with Crippen LogP contribution in [0.15, 0.2) is 34.9 Å². The Kier molecular flexibility index (Phi) is 6.11. The van der Waals surface area contributed by atoms with Crippen LogP contribution in [-0.2, 0) is 0 Å². The van der Waals surface area contributed by atoms with Gasteiger partial charge in [0.05, 0.1) is 10.2 Å². The van der Waals surface area contributed by atoms with Crippen molar-refractivity contribution in [2.75, 3.05) is 13.1 Å². The lowest BCUT2D eigenvalue weighted by Crippen LogP contribution is -2.51. The fourth-order valence-corrected chi connectivity index (χ4v) is 4.84. The standard InChI is InChI=1S/C21H26BrFN4O/c22-19-14-27(18-10-8-15(23)9-11-18)25-20(19)21(28)24-16-5-4-12-26(13-16)17-6-2-1-3-7-17/h8-11,14,16-17H,1-7,12-13H2,(H,24,28). The maximum atomic E-state index is 13.1. The number of hydrogen-bond acceptors (Lipinski definition) is 3. The Balaban J connectivity index is 1.41. The molecular weight excluding hydrogens is 423 g/mol. The van der Waals surface area contributed by atoms with Crippen molar-refractivity contribution in [2.24, 2.45) is 0 Å². The van der Waals surface area contributed by atoms with Crippen molar-refractivity contribution < 1.29 is 9.18 Å². The molecule has 0 bridgehead atoms. The van der Waals surface area contributed by atoms with Crippen molar-refractivity contribution in [1.82, 2.24) is 20.0 Å². The first kappa shape index (κ1) is 19.6. The Hall–Kier alpha value is -1.73. The first-order valence-electron chi connectivity index (χ1n) is 10.2. The molecule has 5 nitrogen and oxygen atoms in total. The minimum Gasteiger partial charge on any atom is -0.347 e. The Morgan fingerprint density at radius 1 is 1.11 bits per heavy atom. The van der Waals surface area contributed by atoms with Gasteiger partial charge >= 0.3 is 0 Å². The molecular formula is C21H26BrFN4O. The van der Waals surface area contributed by atoms with E-state index >= 15 is 0 Å². The van der Waals surface area contributed by atoms with Crippen LogP contribution in [-0.4, -0.2) is 45.8 Å². The molecule has 1 N–H and O–H groups in total. The number of hydrogen-bond donors (Lipinski definition) is 1. The van der Waals surface area contributed by atoms with Gasteiger partial charge < -0.3 is 5.32 Å². The number of nitrogens with zero attached hydrogens (tertiary/aromatic N) is 3. The van der Waals surface area contributed by atoms with Gasteiger partial charge in [0.25, 0.3) is 5.91 Å².